The Morgan fingerprint density at radius 3 is 2.57 bits per heavy atom. The zero-order chi connectivity index (χ0) is 15.4. The Hall–Kier alpha value is -1.65. The first-order chi connectivity index (χ1) is 10.1. The van der Waals surface area contributed by atoms with Crippen LogP contribution < -0.4 is 10.1 Å². The molecule has 2 aromatic carbocycles. The van der Waals surface area contributed by atoms with Crippen molar-refractivity contribution in [2.45, 2.75) is 12.5 Å². The Morgan fingerprint density at radius 1 is 1.19 bits per heavy atom. The summed E-state index contributed by atoms with van der Waals surface area (Å²) >= 11 is 5.59. The first-order valence-electron chi connectivity index (χ1n) is 6.50. The topological polar surface area (TPSA) is 21.3 Å². The minimum atomic E-state index is -0.631. The minimum absolute atomic E-state index is 0.219. The molecule has 0 saturated carbocycles. The van der Waals surface area contributed by atoms with Crippen molar-refractivity contribution in [1.29, 1.82) is 0 Å². The molecule has 0 aliphatic carbocycles. The SMILES string of the molecule is CNC(Cc1ccccc1OC)c1cc(F)c(Cl)cc1F. The van der Waals surface area contributed by atoms with Crippen molar-refractivity contribution in [2.75, 3.05) is 14.2 Å². The first-order valence-corrected chi connectivity index (χ1v) is 6.88. The average molecular weight is 312 g/mol. The normalized spacial score (nSPS) is 12.2. The lowest BCUT2D eigenvalue weighted by atomic mass is 9.98. The van der Waals surface area contributed by atoms with Gasteiger partial charge in [-0.05, 0) is 37.2 Å². The van der Waals surface area contributed by atoms with Gasteiger partial charge >= 0.3 is 0 Å². The van der Waals surface area contributed by atoms with Gasteiger partial charge in [0.25, 0.3) is 0 Å². The number of ether oxygens (including phenoxy) is 1. The minimum Gasteiger partial charge on any atom is -0.496 e. The highest BCUT2D eigenvalue weighted by Gasteiger charge is 2.18. The fourth-order valence-electron chi connectivity index (χ4n) is 2.26. The molecule has 2 aromatic rings. The molecule has 0 saturated heterocycles. The van der Waals surface area contributed by atoms with Crippen LogP contribution in [0, 0.1) is 11.6 Å². The smallest absolute Gasteiger partial charge is 0.142 e. The van der Waals surface area contributed by atoms with E-state index in [1.165, 1.54) is 0 Å². The summed E-state index contributed by atoms with van der Waals surface area (Å²) in [7, 11) is 3.28. The van der Waals surface area contributed by atoms with Crippen molar-refractivity contribution in [1.82, 2.24) is 5.32 Å². The highest BCUT2D eigenvalue weighted by Crippen LogP contribution is 2.28. The molecule has 112 valence electrons. The van der Waals surface area contributed by atoms with Crippen molar-refractivity contribution in [2.24, 2.45) is 0 Å². The van der Waals surface area contributed by atoms with Crippen molar-refractivity contribution >= 4 is 11.6 Å². The van der Waals surface area contributed by atoms with E-state index in [-0.39, 0.29) is 16.6 Å². The fraction of sp³-hybridized carbons (Fsp3) is 0.250. The van der Waals surface area contributed by atoms with Crippen LogP contribution in [0.25, 0.3) is 0 Å². The number of benzene rings is 2. The first kappa shape index (κ1) is 15.7. The summed E-state index contributed by atoms with van der Waals surface area (Å²) in [5.74, 6) is -0.448. The molecular formula is C16H16ClF2NO. The third kappa shape index (κ3) is 3.52. The number of halogens is 3. The van der Waals surface area contributed by atoms with Crippen LogP contribution >= 0.6 is 11.6 Å². The molecule has 0 aliphatic heterocycles. The molecule has 1 unspecified atom stereocenters. The summed E-state index contributed by atoms with van der Waals surface area (Å²) in [6, 6.07) is 9.22. The molecule has 1 atom stereocenters. The standard InChI is InChI=1S/C16H16ClF2NO/c1-20-15(7-10-5-3-4-6-16(10)21-2)11-8-14(19)12(17)9-13(11)18/h3-6,8-9,15,20H,7H2,1-2H3. The molecular weight excluding hydrogens is 296 g/mol. The third-order valence-electron chi connectivity index (χ3n) is 3.38. The quantitative estimate of drug-likeness (QED) is 0.838. The fourth-order valence-corrected chi connectivity index (χ4v) is 2.41. The predicted molar refractivity (Wildman–Crippen MR) is 79.9 cm³/mol. The third-order valence-corrected chi connectivity index (χ3v) is 3.67. The molecule has 0 aliphatic rings. The largest absolute Gasteiger partial charge is 0.496 e. The van der Waals surface area contributed by atoms with Crippen LogP contribution in [0.1, 0.15) is 17.2 Å². The van der Waals surface area contributed by atoms with Crippen LogP contribution in [-0.4, -0.2) is 14.2 Å². The summed E-state index contributed by atoms with van der Waals surface area (Å²) < 4.78 is 32.9. The van der Waals surface area contributed by atoms with E-state index in [4.69, 9.17) is 16.3 Å². The van der Waals surface area contributed by atoms with Crippen LogP contribution in [0.5, 0.6) is 5.75 Å². The number of likely N-dealkylation sites (N-methyl/N-ethyl adjacent to an activating group) is 1. The molecule has 2 rings (SSSR count). The van der Waals surface area contributed by atoms with Gasteiger partial charge in [0.1, 0.15) is 17.4 Å². The van der Waals surface area contributed by atoms with E-state index in [0.29, 0.717) is 12.2 Å². The van der Waals surface area contributed by atoms with Crippen LogP contribution in [0.3, 0.4) is 0 Å². The highest BCUT2D eigenvalue weighted by molar-refractivity contribution is 6.30. The summed E-state index contributed by atoms with van der Waals surface area (Å²) in [6.07, 6.45) is 0.471. The van der Waals surface area contributed by atoms with E-state index in [2.05, 4.69) is 5.32 Å². The molecule has 5 heteroatoms. The van der Waals surface area contributed by atoms with Gasteiger partial charge in [0.2, 0.25) is 0 Å². The van der Waals surface area contributed by atoms with Crippen molar-refractivity contribution in [3.8, 4) is 5.75 Å². The highest BCUT2D eigenvalue weighted by atomic mass is 35.5. The van der Waals surface area contributed by atoms with E-state index in [1.807, 2.05) is 24.3 Å². The van der Waals surface area contributed by atoms with Crippen molar-refractivity contribution in [3.05, 3.63) is 64.2 Å². The van der Waals surface area contributed by atoms with Gasteiger partial charge < -0.3 is 10.1 Å². The second-order valence-corrected chi connectivity index (χ2v) is 5.05. The summed E-state index contributed by atoms with van der Waals surface area (Å²) in [5.41, 5.74) is 1.15. The van der Waals surface area contributed by atoms with Gasteiger partial charge in [-0.2, -0.15) is 0 Å². The molecule has 0 fully saturated rings. The van der Waals surface area contributed by atoms with E-state index >= 15 is 0 Å². The van der Waals surface area contributed by atoms with Crippen LogP contribution in [0.2, 0.25) is 5.02 Å². The number of hydrogen-bond acceptors (Lipinski definition) is 2. The number of hydrogen-bond donors (Lipinski definition) is 1. The Balaban J connectivity index is 2.34. The monoisotopic (exact) mass is 311 g/mol. The molecule has 21 heavy (non-hydrogen) atoms. The van der Waals surface area contributed by atoms with E-state index in [1.54, 1.807) is 14.2 Å². The second kappa shape index (κ2) is 6.87. The predicted octanol–water partition coefficient (Wildman–Crippen LogP) is 4.13. The average Bonchev–Trinajstić information content (AvgIpc) is 2.49. The van der Waals surface area contributed by atoms with E-state index in [9.17, 15) is 8.78 Å². The second-order valence-electron chi connectivity index (χ2n) is 4.65. The zero-order valence-corrected chi connectivity index (χ0v) is 12.5. The van der Waals surface area contributed by atoms with Gasteiger partial charge in [-0.15, -0.1) is 0 Å². The lowest BCUT2D eigenvalue weighted by Crippen LogP contribution is -2.20. The maximum Gasteiger partial charge on any atom is 0.142 e. The van der Waals surface area contributed by atoms with Gasteiger partial charge in [0.15, 0.2) is 0 Å². The summed E-state index contributed by atoms with van der Waals surface area (Å²) in [4.78, 5) is 0. The van der Waals surface area contributed by atoms with Crippen molar-refractivity contribution < 1.29 is 13.5 Å². The summed E-state index contributed by atoms with van der Waals surface area (Å²) in [6.45, 7) is 0. The number of methoxy groups -OCH3 is 1. The molecule has 2 nitrogen and oxygen atoms in total. The maximum atomic E-state index is 14.0. The van der Waals surface area contributed by atoms with E-state index < -0.39 is 11.6 Å². The molecule has 0 bridgehead atoms. The zero-order valence-electron chi connectivity index (χ0n) is 11.8. The van der Waals surface area contributed by atoms with Crippen LogP contribution in [0.15, 0.2) is 36.4 Å². The molecule has 0 aromatic heterocycles. The lowest BCUT2D eigenvalue weighted by Gasteiger charge is -2.19. The number of rotatable bonds is 5. The van der Waals surface area contributed by atoms with Gasteiger partial charge in [-0.3, -0.25) is 0 Å². The Bertz CT molecular complexity index is 634. The van der Waals surface area contributed by atoms with Crippen LogP contribution in [0.4, 0.5) is 8.78 Å². The molecule has 0 amide bonds. The Kier molecular flexibility index (Phi) is 5.15. The van der Waals surface area contributed by atoms with Crippen molar-refractivity contribution in [3.63, 3.8) is 0 Å². The number of para-hydroxylation sites is 1. The molecule has 0 spiro atoms. The van der Waals surface area contributed by atoms with Gasteiger partial charge in [-0.1, -0.05) is 29.8 Å². The lowest BCUT2D eigenvalue weighted by molar-refractivity contribution is 0.405. The summed E-state index contributed by atoms with van der Waals surface area (Å²) in [5, 5.41) is 2.78. The Labute approximate surface area is 127 Å². The number of nitrogens with one attached hydrogen (secondary N) is 1. The van der Waals surface area contributed by atoms with Gasteiger partial charge in [0.05, 0.1) is 12.1 Å². The molecule has 0 heterocycles. The van der Waals surface area contributed by atoms with Gasteiger partial charge in [0, 0.05) is 11.6 Å². The van der Waals surface area contributed by atoms with E-state index in [0.717, 1.165) is 17.7 Å². The van der Waals surface area contributed by atoms with Gasteiger partial charge in [-0.25, -0.2) is 8.78 Å². The maximum absolute atomic E-state index is 14.0. The van der Waals surface area contributed by atoms with Crippen LogP contribution in [-0.2, 0) is 6.42 Å². The Morgan fingerprint density at radius 2 is 1.90 bits per heavy atom. The molecule has 1 N–H and O–H groups in total. The molecule has 0 radical (unpaired) electrons.